The van der Waals surface area contributed by atoms with E-state index in [2.05, 4.69) is 28.2 Å². The van der Waals surface area contributed by atoms with Crippen LogP contribution in [0, 0.1) is 5.41 Å². The predicted molar refractivity (Wildman–Crippen MR) is 79.0 cm³/mol. The molecule has 0 atom stereocenters. The molecule has 0 saturated heterocycles. The molecule has 1 aliphatic rings. The van der Waals surface area contributed by atoms with Crippen molar-refractivity contribution < 1.29 is 4.79 Å². The lowest BCUT2D eigenvalue weighted by Crippen LogP contribution is -2.33. The van der Waals surface area contributed by atoms with Crippen LogP contribution in [-0.2, 0) is 4.79 Å². The Balaban J connectivity index is 2.18. The van der Waals surface area contributed by atoms with Crippen molar-refractivity contribution >= 4 is 39.1 Å². The molecule has 0 unspecified atom stereocenters. The molecule has 0 aromatic heterocycles. The van der Waals surface area contributed by atoms with Crippen molar-refractivity contribution in [1.29, 1.82) is 0 Å². The molecule has 4 heteroatoms. The van der Waals surface area contributed by atoms with Crippen LogP contribution in [0.4, 0.5) is 5.69 Å². The first-order valence-electron chi connectivity index (χ1n) is 6.34. The number of benzene rings is 1. The van der Waals surface area contributed by atoms with Crippen LogP contribution in [0.1, 0.15) is 39.0 Å². The number of nitrogens with one attached hydrogen (secondary N) is 1. The van der Waals surface area contributed by atoms with Gasteiger partial charge in [-0.15, -0.1) is 0 Å². The van der Waals surface area contributed by atoms with Gasteiger partial charge in [0, 0.05) is 9.89 Å². The fourth-order valence-electron chi connectivity index (χ4n) is 2.64. The first kappa shape index (κ1) is 13.9. The normalized spacial score (nSPS) is 17.7. The standard InChI is InChI=1S/C14H17BrClNO/c1-2-14(7-3-4-8-14)13(18)17-12-9-10(15)5-6-11(12)16/h5-6,9H,2-4,7-8H2,1H3,(H,17,18). The lowest BCUT2D eigenvalue weighted by atomic mass is 9.82. The van der Waals surface area contributed by atoms with E-state index in [1.165, 1.54) is 0 Å². The van der Waals surface area contributed by atoms with Crippen LogP contribution in [0.2, 0.25) is 5.02 Å². The van der Waals surface area contributed by atoms with Crippen LogP contribution >= 0.6 is 27.5 Å². The van der Waals surface area contributed by atoms with Gasteiger partial charge in [-0.3, -0.25) is 4.79 Å². The van der Waals surface area contributed by atoms with Gasteiger partial charge in [-0.2, -0.15) is 0 Å². The second-order valence-corrected chi connectivity index (χ2v) is 6.24. The van der Waals surface area contributed by atoms with Crippen LogP contribution in [0.3, 0.4) is 0 Å². The molecule has 1 aromatic rings. The average molecular weight is 331 g/mol. The topological polar surface area (TPSA) is 29.1 Å². The number of rotatable bonds is 3. The highest BCUT2D eigenvalue weighted by Crippen LogP contribution is 2.42. The zero-order valence-corrected chi connectivity index (χ0v) is 12.8. The number of amides is 1. The zero-order valence-electron chi connectivity index (χ0n) is 10.4. The highest BCUT2D eigenvalue weighted by atomic mass is 79.9. The second kappa shape index (κ2) is 5.62. The summed E-state index contributed by atoms with van der Waals surface area (Å²) in [6.07, 6.45) is 5.16. The number of carbonyl (C=O) groups excluding carboxylic acids is 1. The van der Waals surface area contributed by atoms with Gasteiger partial charge in [-0.1, -0.05) is 47.3 Å². The molecule has 18 heavy (non-hydrogen) atoms. The number of hydrogen-bond acceptors (Lipinski definition) is 1. The third-order valence-electron chi connectivity index (χ3n) is 3.90. The zero-order chi connectivity index (χ0) is 13.2. The lowest BCUT2D eigenvalue weighted by Gasteiger charge is -2.26. The van der Waals surface area contributed by atoms with Crippen molar-refractivity contribution in [2.45, 2.75) is 39.0 Å². The minimum Gasteiger partial charge on any atom is -0.324 e. The molecule has 2 rings (SSSR count). The van der Waals surface area contributed by atoms with Crippen LogP contribution in [0.15, 0.2) is 22.7 Å². The fraction of sp³-hybridized carbons (Fsp3) is 0.500. The monoisotopic (exact) mass is 329 g/mol. The lowest BCUT2D eigenvalue weighted by molar-refractivity contribution is -0.125. The van der Waals surface area contributed by atoms with Crippen LogP contribution in [-0.4, -0.2) is 5.91 Å². The van der Waals surface area contributed by atoms with Crippen molar-refractivity contribution in [3.8, 4) is 0 Å². The van der Waals surface area contributed by atoms with E-state index >= 15 is 0 Å². The summed E-state index contributed by atoms with van der Waals surface area (Å²) in [4.78, 5) is 12.4. The van der Waals surface area contributed by atoms with E-state index in [0.29, 0.717) is 10.7 Å². The Bertz CT molecular complexity index is 455. The van der Waals surface area contributed by atoms with E-state index in [1.54, 1.807) is 6.07 Å². The average Bonchev–Trinajstić information content (AvgIpc) is 2.84. The van der Waals surface area contributed by atoms with E-state index in [4.69, 9.17) is 11.6 Å². The molecule has 1 amide bonds. The fourth-order valence-corrected chi connectivity index (χ4v) is 3.17. The summed E-state index contributed by atoms with van der Waals surface area (Å²) < 4.78 is 0.916. The van der Waals surface area contributed by atoms with Gasteiger partial charge in [0.1, 0.15) is 0 Å². The minimum atomic E-state index is -0.189. The van der Waals surface area contributed by atoms with Gasteiger partial charge >= 0.3 is 0 Å². The molecule has 98 valence electrons. The maximum absolute atomic E-state index is 12.4. The van der Waals surface area contributed by atoms with Crippen molar-refractivity contribution in [3.63, 3.8) is 0 Å². The van der Waals surface area contributed by atoms with Crippen molar-refractivity contribution in [2.75, 3.05) is 5.32 Å². The summed E-state index contributed by atoms with van der Waals surface area (Å²) in [5.74, 6) is 0.113. The maximum Gasteiger partial charge on any atom is 0.230 e. The van der Waals surface area contributed by atoms with Gasteiger partial charge in [0.15, 0.2) is 0 Å². The summed E-state index contributed by atoms with van der Waals surface area (Å²) in [5.41, 5.74) is 0.502. The molecule has 1 fully saturated rings. The molecular formula is C14H17BrClNO. The largest absolute Gasteiger partial charge is 0.324 e. The molecule has 1 N–H and O–H groups in total. The summed E-state index contributed by atoms with van der Waals surface area (Å²) in [6.45, 7) is 2.09. The van der Waals surface area contributed by atoms with Crippen LogP contribution < -0.4 is 5.32 Å². The van der Waals surface area contributed by atoms with Gasteiger partial charge in [0.2, 0.25) is 5.91 Å². The first-order chi connectivity index (χ1) is 8.57. The first-order valence-corrected chi connectivity index (χ1v) is 7.51. The van der Waals surface area contributed by atoms with Gasteiger partial charge in [0.05, 0.1) is 10.7 Å². The molecule has 0 aliphatic heterocycles. The molecule has 1 aliphatic carbocycles. The van der Waals surface area contributed by atoms with Gasteiger partial charge in [-0.25, -0.2) is 0 Å². The molecule has 0 heterocycles. The predicted octanol–water partition coefficient (Wildman–Crippen LogP) is 5.01. The maximum atomic E-state index is 12.4. The molecule has 0 bridgehead atoms. The highest BCUT2D eigenvalue weighted by molar-refractivity contribution is 9.10. The van der Waals surface area contributed by atoms with Gasteiger partial charge in [0.25, 0.3) is 0 Å². The second-order valence-electron chi connectivity index (χ2n) is 4.92. The summed E-state index contributed by atoms with van der Waals surface area (Å²) in [7, 11) is 0. The number of hydrogen-bond donors (Lipinski definition) is 1. The smallest absolute Gasteiger partial charge is 0.230 e. The molecule has 0 radical (unpaired) electrons. The van der Waals surface area contributed by atoms with Gasteiger partial charge < -0.3 is 5.32 Å². The third-order valence-corrected chi connectivity index (χ3v) is 4.72. The van der Waals surface area contributed by atoms with Crippen LogP contribution in [0.5, 0.6) is 0 Å². The Kier molecular flexibility index (Phi) is 4.33. The summed E-state index contributed by atoms with van der Waals surface area (Å²) in [5, 5.41) is 3.56. The molecule has 1 saturated carbocycles. The SMILES string of the molecule is CCC1(C(=O)Nc2cc(Br)ccc2Cl)CCCC1. The van der Waals surface area contributed by atoms with E-state index in [1.807, 2.05) is 12.1 Å². The Hall–Kier alpha value is -0.540. The molecule has 2 nitrogen and oxygen atoms in total. The summed E-state index contributed by atoms with van der Waals surface area (Å²) in [6, 6.07) is 5.50. The molecule has 1 aromatic carbocycles. The molecular weight excluding hydrogens is 314 g/mol. The number of halogens is 2. The van der Waals surface area contributed by atoms with Gasteiger partial charge in [-0.05, 0) is 37.5 Å². The van der Waals surface area contributed by atoms with E-state index in [0.717, 1.165) is 36.6 Å². The number of anilines is 1. The Morgan fingerprint density at radius 2 is 2.11 bits per heavy atom. The Labute approximate surface area is 121 Å². The minimum absolute atomic E-state index is 0.113. The van der Waals surface area contributed by atoms with Crippen molar-refractivity contribution in [2.24, 2.45) is 5.41 Å². The Morgan fingerprint density at radius 1 is 1.44 bits per heavy atom. The van der Waals surface area contributed by atoms with E-state index in [9.17, 15) is 4.79 Å². The van der Waals surface area contributed by atoms with E-state index < -0.39 is 0 Å². The van der Waals surface area contributed by atoms with Crippen LogP contribution in [0.25, 0.3) is 0 Å². The van der Waals surface area contributed by atoms with E-state index in [-0.39, 0.29) is 11.3 Å². The number of carbonyl (C=O) groups is 1. The quantitative estimate of drug-likeness (QED) is 0.829. The molecule has 0 spiro atoms. The van der Waals surface area contributed by atoms with Crippen molar-refractivity contribution in [3.05, 3.63) is 27.7 Å². The van der Waals surface area contributed by atoms with Crippen molar-refractivity contribution in [1.82, 2.24) is 0 Å². The third kappa shape index (κ3) is 2.72. The highest BCUT2D eigenvalue weighted by Gasteiger charge is 2.39. The Morgan fingerprint density at radius 3 is 2.72 bits per heavy atom. The summed E-state index contributed by atoms with van der Waals surface area (Å²) >= 11 is 9.49.